The molecule has 0 N–H and O–H groups in total. The van der Waals surface area contributed by atoms with Crippen LogP contribution in [0.25, 0.3) is 38.4 Å². The molecule has 0 saturated heterocycles. The molecule has 0 spiro atoms. The molecule has 46 heavy (non-hydrogen) atoms. The zero-order chi connectivity index (χ0) is 32.6. The Balaban J connectivity index is 1.56. The topological polar surface area (TPSA) is 71.7 Å². The van der Waals surface area contributed by atoms with Crippen molar-refractivity contribution in [2.45, 2.75) is 39.9 Å². The summed E-state index contributed by atoms with van der Waals surface area (Å²) in [4.78, 5) is 26.5. The first-order chi connectivity index (χ1) is 22.1. The lowest BCUT2D eigenvalue weighted by Crippen LogP contribution is -2.15. The number of halogens is 3. The summed E-state index contributed by atoms with van der Waals surface area (Å²) in [6, 6.07) is 23.6. The van der Waals surface area contributed by atoms with Crippen LogP contribution >= 0.6 is 0 Å². The molecular weight excluding hydrogens is 597 g/mol. The van der Waals surface area contributed by atoms with Gasteiger partial charge in [0.1, 0.15) is 11.5 Å². The summed E-state index contributed by atoms with van der Waals surface area (Å²) in [6.45, 7) is 6.54. The molecule has 10 heteroatoms. The number of aromatic nitrogens is 2. The summed E-state index contributed by atoms with van der Waals surface area (Å²) < 4.78 is 60.0. The number of alkyl halides is 3. The van der Waals surface area contributed by atoms with Gasteiger partial charge in [0, 0.05) is 45.1 Å². The Morgan fingerprint density at radius 3 is 2.09 bits per heavy atom. The minimum Gasteiger partial charge on any atom is -0.466 e. The van der Waals surface area contributed by atoms with E-state index in [1.807, 2.05) is 34.9 Å². The summed E-state index contributed by atoms with van der Waals surface area (Å²) in [5.41, 5.74) is 3.26. The molecule has 4 aromatic carbocycles. The van der Waals surface area contributed by atoms with E-state index in [9.17, 15) is 22.8 Å². The molecule has 0 aliphatic rings. The summed E-state index contributed by atoms with van der Waals surface area (Å²) in [6.07, 6.45) is -4.68. The van der Waals surface area contributed by atoms with E-state index >= 15 is 0 Å². The highest BCUT2D eigenvalue weighted by molar-refractivity contribution is 6.10. The van der Waals surface area contributed by atoms with Crippen molar-refractivity contribution in [3.8, 4) is 17.2 Å². The molecule has 0 radical (unpaired) electrons. The van der Waals surface area contributed by atoms with Crippen LogP contribution in [0.4, 0.5) is 13.2 Å². The Kier molecular flexibility index (Phi) is 8.20. The maximum atomic E-state index is 13.6. The number of aryl methyl sites for hydroxylation is 1. The van der Waals surface area contributed by atoms with Crippen LogP contribution in [-0.4, -0.2) is 34.3 Å². The highest BCUT2D eigenvalue weighted by Crippen LogP contribution is 2.38. The zero-order valence-corrected chi connectivity index (χ0v) is 25.5. The molecule has 0 aliphatic heterocycles. The quantitative estimate of drug-likeness (QED) is 0.150. The van der Waals surface area contributed by atoms with E-state index in [1.54, 1.807) is 32.0 Å². The average molecular weight is 629 g/mol. The molecule has 7 nitrogen and oxygen atoms in total. The second-order valence-corrected chi connectivity index (χ2v) is 10.6. The van der Waals surface area contributed by atoms with Gasteiger partial charge in [0.25, 0.3) is 0 Å². The number of nitrogens with zero attached hydrogens (tertiary/aromatic N) is 2. The fourth-order valence-electron chi connectivity index (χ4n) is 6.00. The van der Waals surface area contributed by atoms with E-state index in [1.165, 1.54) is 12.1 Å². The van der Waals surface area contributed by atoms with E-state index in [2.05, 4.69) is 23.6 Å². The average Bonchev–Trinajstić information content (AvgIpc) is 3.52. The first kappa shape index (κ1) is 30.8. The lowest BCUT2D eigenvalue weighted by molar-refractivity contribution is -0.142. The molecule has 0 unspecified atom stereocenters. The van der Waals surface area contributed by atoms with Gasteiger partial charge in [0.2, 0.25) is 0 Å². The minimum atomic E-state index is -4.47. The number of hydrogen-bond donors (Lipinski definition) is 0. The van der Waals surface area contributed by atoms with Crippen LogP contribution in [0.1, 0.15) is 42.4 Å². The second kappa shape index (κ2) is 12.3. The molecule has 0 amide bonds. The van der Waals surface area contributed by atoms with E-state index in [0.717, 1.165) is 46.2 Å². The normalized spacial score (nSPS) is 11.8. The molecule has 2 aromatic heterocycles. The Bertz CT molecular complexity index is 2090. The molecule has 6 rings (SSSR count). The molecule has 0 atom stereocenters. The van der Waals surface area contributed by atoms with Crippen LogP contribution in [0, 0.1) is 0 Å². The van der Waals surface area contributed by atoms with Crippen LogP contribution in [0.15, 0.2) is 84.9 Å². The molecule has 0 bridgehead atoms. The number of hydrogen-bond acceptors (Lipinski definition) is 5. The maximum Gasteiger partial charge on any atom is 0.416 e. The molecule has 0 saturated carbocycles. The second-order valence-electron chi connectivity index (χ2n) is 10.6. The number of carbonyl (C=O) groups excluding carboxylic acids is 2. The van der Waals surface area contributed by atoms with Gasteiger partial charge in [0.15, 0.2) is 0 Å². The SMILES string of the molecule is CCOC(=O)Cc1c(C(=O)OCC)c2cc(Oc3ccc(C(F)(F)F)cc3)ccc2n1-c1ccc2c(c1)c1ccccc1n2CC. The summed E-state index contributed by atoms with van der Waals surface area (Å²) in [5, 5.41) is 2.54. The van der Waals surface area contributed by atoms with Gasteiger partial charge in [-0.3, -0.25) is 4.79 Å². The predicted octanol–water partition coefficient (Wildman–Crippen LogP) is 8.85. The van der Waals surface area contributed by atoms with Crippen molar-refractivity contribution in [2.24, 2.45) is 0 Å². The van der Waals surface area contributed by atoms with Crippen LogP contribution in [-0.2, 0) is 33.4 Å². The van der Waals surface area contributed by atoms with Crippen LogP contribution in [0.5, 0.6) is 11.5 Å². The number of carbonyl (C=O) groups is 2. The molecule has 0 fully saturated rings. The summed E-state index contributed by atoms with van der Waals surface area (Å²) in [7, 11) is 0. The Morgan fingerprint density at radius 2 is 1.39 bits per heavy atom. The van der Waals surface area contributed by atoms with Gasteiger partial charge in [-0.15, -0.1) is 0 Å². The third-order valence-electron chi connectivity index (χ3n) is 7.88. The van der Waals surface area contributed by atoms with Gasteiger partial charge in [-0.1, -0.05) is 18.2 Å². The van der Waals surface area contributed by atoms with Gasteiger partial charge in [-0.2, -0.15) is 13.2 Å². The number of benzene rings is 4. The Hall–Kier alpha value is -5.25. The molecular formula is C36H31F3N2O5. The third kappa shape index (κ3) is 5.55. The highest BCUT2D eigenvalue weighted by Gasteiger charge is 2.30. The Labute approximate surface area is 262 Å². The largest absolute Gasteiger partial charge is 0.466 e. The van der Waals surface area contributed by atoms with E-state index < -0.39 is 23.7 Å². The molecule has 2 heterocycles. The number of rotatable bonds is 9. The van der Waals surface area contributed by atoms with Crippen LogP contribution in [0.3, 0.4) is 0 Å². The maximum absolute atomic E-state index is 13.6. The summed E-state index contributed by atoms with van der Waals surface area (Å²) >= 11 is 0. The number of para-hydroxylation sites is 1. The zero-order valence-electron chi connectivity index (χ0n) is 25.5. The number of esters is 2. The van der Waals surface area contributed by atoms with E-state index in [0.29, 0.717) is 22.3 Å². The van der Waals surface area contributed by atoms with Crippen LogP contribution < -0.4 is 4.74 Å². The van der Waals surface area contributed by atoms with Gasteiger partial charge in [-0.05, 0) is 87.5 Å². The smallest absolute Gasteiger partial charge is 0.416 e. The minimum absolute atomic E-state index is 0.106. The van der Waals surface area contributed by atoms with Crippen LogP contribution in [0.2, 0.25) is 0 Å². The van der Waals surface area contributed by atoms with Crippen molar-refractivity contribution >= 4 is 44.6 Å². The summed E-state index contributed by atoms with van der Waals surface area (Å²) in [5.74, 6) is -0.657. The first-order valence-corrected chi connectivity index (χ1v) is 15.0. The molecule has 236 valence electrons. The number of fused-ring (bicyclic) bond motifs is 4. The van der Waals surface area contributed by atoms with Crippen molar-refractivity contribution in [3.05, 3.63) is 102 Å². The highest BCUT2D eigenvalue weighted by atomic mass is 19.4. The van der Waals surface area contributed by atoms with Crippen molar-refractivity contribution in [1.82, 2.24) is 9.13 Å². The van der Waals surface area contributed by atoms with Gasteiger partial charge in [-0.25, -0.2) is 4.79 Å². The standard InChI is InChI=1S/C36H31F3N2O5/c1-4-40-29-10-8-7-9-26(29)27-19-23(13-17-30(27)40)41-31-18-16-25(46-24-14-11-22(12-15-24)36(37,38)39)20-28(31)34(35(43)45-6-3)32(41)21-33(42)44-5-2/h7-20H,4-6,21H2,1-3H3. The molecule has 6 aromatic rings. The van der Waals surface area contributed by atoms with Crippen molar-refractivity contribution < 1.29 is 37.0 Å². The molecule has 0 aliphatic carbocycles. The van der Waals surface area contributed by atoms with Crippen molar-refractivity contribution in [1.29, 1.82) is 0 Å². The van der Waals surface area contributed by atoms with E-state index in [4.69, 9.17) is 14.2 Å². The monoisotopic (exact) mass is 628 g/mol. The predicted molar refractivity (Wildman–Crippen MR) is 170 cm³/mol. The van der Waals surface area contributed by atoms with Crippen molar-refractivity contribution in [3.63, 3.8) is 0 Å². The van der Waals surface area contributed by atoms with Gasteiger partial charge >= 0.3 is 18.1 Å². The first-order valence-electron chi connectivity index (χ1n) is 15.0. The van der Waals surface area contributed by atoms with E-state index in [-0.39, 0.29) is 30.9 Å². The van der Waals surface area contributed by atoms with Crippen molar-refractivity contribution in [2.75, 3.05) is 13.2 Å². The third-order valence-corrected chi connectivity index (χ3v) is 7.88. The fourth-order valence-corrected chi connectivity index (χ4v) is 6.00. The Morgan fingerprint density at radius 1 is 0.717 bits per heavy atom. The van der Waals surface area contributed by atoms with Gasteiger partial charge in [0.05, 0.1) is 36.3 Å². The fraction of sp³-hybridized carbons (Fsp3) is 0.222. The lowest BCUT2D eigenvalue weighted by Gasteiger charge is -2.13. The van der Waals surface area contributed by atoms with Gasteiger partial charge < -0.3 is 23.3 Å². The number of ether oxygens (including phenoxy) is 3. The lowest BCUT2D eigenvalue weighted by atomic mass is 10.1.